The van der Waals surface area contributed by atoms with Gasteiger partial charge in [0, 0.05) is 66.2 Å². The molecule has 0 unspecified atom stereocenters. The van der Waals surface area contributed by atoms with E-state index in [4.69, 9.17) is 5.73 Å². The maximum Gasteiger partial charge on any atom is 0.248 e. The second kappa shape index (κ2) is 33.7. The van der Waals surface area contributed by atoms with Crippen molar-refractivity contribution in [1.82, 2.24) is 52.5 Å². The van der Waals surface area contributed by atoms with Crippen LogP contribution in [-0.2, 0) is 57.6 Å². The van der Waals surface area contributed by atoms with E-state index in [0.717, 1.165) is 37.5 Å². The third kappa shape index (κ3) is 20.3. The Bertz CT molecular complexity index is 2970. The molecule has 3 heterocycles. The Kier molecular flexibility index (Phi) is 26.7. The number of aliphatic hydroxyl groups is 3. The highest BCUT2D eigenvalue weighted by molar-refractivity contribution is 8.77. The molecule has 1 saturated heterocycles. The van der Waals surface area contributed by atoms with Gasteiger partial charge in [0.2, 0.25) is 47.3 Å². The zero-order valence-electron chi connectivity index (χ0n) is 46.9. The topological polar surface area (TPSA) is 348 Å². The number of pyridine rings is 1. The first kappa shape index (κ1) is 66.5. The summed E-state index contributed by atoms with van der Waals surface area (Å²) in [5, 5.41) is 55.1. The predicted octanol–water partition coefficient (Wildman–Crippen LogP) is 1.97. The lowest BCUT2D eigenvalue weighted by atomic mass is 9.93. The Labute approximate surface area is 503 Å². The molecule has 1 fully saturated rings. The van der Waals surface area contributed by atoms with Crippen LogP contribution in [0, 0.1) is 0 Å². The van der Waals surface area contributed by atoms with Gasteiger partial charge in [-0.2, -0.15) is 0 Å². The molecule has 1 aliphatic rings. The molecule has 6 rings (SSSR count). The number of fused-ring (bicyclic) bond motifs is 1. The van der Waals surface area contributed by atoms with E-state index in [2.05, 4.69) is 52.5 Å². The molecule has 0 bridgehead atoms. The number of unbranched alkanes of at least 4 members (excludes halogenated alkanes) is 1. The molecule has 10 atom stereocenters. The summed E-state index contributed by atoms with van der Waals surface area (Å²) in [6.45, 7) is 3.42. The summed E-state index contributed by atoms with van der Waals surface area (Å²) in [7, 11) is 4.81. The number of carbonyl (C=O) groups is 8. The number of hydrogen-bond acceptors (Lipinski definition) is 17. The number of hydrogen-bond donors (Lipinski definition) is 13. The fourth-order valence-electron chi connectivity index (χ4n) is 8.80. The van der Waals surface area contributed by atoms with Crippen LogP contribution in [-0.4, -0.2) is 163 Å². The van der Waals surface area contributed by atoms with E-state index in [1.54, 1.807) is 79.1 Å². The Morgan fingerprint density at radius 1 is 0.762 bits per heavy atom. The largest absolute Gasteiger partial charge is 0.394 e. The molecule has 14 N–H and O–H groups in total. The van der Waals surface area contributed by atoms with Gasteiger partial charge < -0.3 is 68.6 Å². The Morgan fingerprint density at radius 2 is 1.40 bits per heavy atom. The molecule has 84 heavy (non-hydrogen) atoms. The highest BCUT2D eigenvalue weighted by Crippen LogP contribution is 2.30. The normalized spacial score (nSPS) is 21.9. The van der Waals surface area contributed by atoms with Gasteiger partial charge in [-0.15, -0.1) is 0 Å². The molecular formula is C58H75N11O11S4. The first-order valence-electron chi connectivity index (χ1n) is 27.6. The number of benzene rings is 3. The van der Waals surface area contributed by atoms with E-state index in [1.165, 1.54) is 42.4 Å². The predicted molar refractivity (Wildman–Crippen MR) is 328 cm³/mol. The minimum atomic E-state index is -2.16. The van der Waals surface area contributed by atoms with Gasteiger partial charge in [-0.3, -0.25) is 38.4 Å². The molecule has 8 amide bonds. The molecule has 0 aliphatic carbocycles. The van der Waals surface area contributed by atoms with Gasteiger partial charge in [0.1, 0.15) is 46.8 Å². The summed E-state index contributed by atoms with van der Waals surface area (Å²) in [4.78, 5) is 124. The SMILES string of the molecule is C[C@@H](O)[C@@H](CO)NC(=O)[C@@H]1CSSC[C@H](NC(=O)[C@@H](Cc2ccccc2)NC(=O)CCSSc2ccccn2)C(=O)N[C@@H](Cc2ccccc2)C(=O)N[C@H](Cc2c[nH]c3ccccc23)C(=O)N[C@@H](CCCCN)C(=O)N[C@@](C)([C@@H](C)O)C(=O)N1. The summed E-state index contributed by atoms with van der Waals surface area (Å²) >= 11 is 0. The summed E-state index contributed by atoms with van der Waals surface area (Å²) in [5.41, 5.74) is 6.39. The third-order valence-electron chi connectivity index (χ3n) is 14.0. The number of carbonyl (C=O) groups excluding carboxylic acids is 8. The van der Waals surface area contributed by atoms with E-state index in [0.29, 0.717) is 35.3 Å². The number of nitrogens with zero attached hydrogens (tertiary/aromatic N) is 1. The van der Waals surface area contributed by atoms with Crippen LogP contribution in [0.2, 0.25) is 0 Å². The Hall–Kier alpha value is -6.65. The fourth-order valence-corrected chi connectivity index (χ4v) is 13.0. The smallest absolute Gasteiger partial charge is 0.248 e. The number of H-pyrrole nitrogens is 1. The van der Waals surface area contributed by atoms with Crippen molar-refractivity contribution in [1.29, 1.82) is 0 Å². The van der Waals surface area contributed by atoms with Crippen molar-refractivity contribution >= 4 is 101 Å². The Morgan fingerprint density at radius 3 is 2.07 bits per heavy atom. The summed E-state index contributed by atoms with van der Waals surface area (Å²) in [6, 6.07) is 21.1. The van der Waals surface area contributed by atoms with E-state index in [1.807, 2.05) is 36.4 Å². The quantitative estimate of drug-likeness (QED) is 0.0328. The van der Waals surface area contributed by atoms with Crippen molar-refractivity contribution in [2.45, 2.75) is 131 Å². The molecule has 0 radical (unpaired) electrons. The molecule has 452 valence electrons. The molecule has 26 heteroatoms. The first-order chi connectivity index (χ1) is 40.4. The van der Waals surface area contributed by atoms with Crippen molar-refractivity contribution in [3.63, 3.8) is 0 Å². The van der Waals surface area contributed by atoms with E-state index < -0.39 is 114 Å². The number of para-hydroxylation sites is 1. The van der Waals surface area contributed by atoms with Crippen LogP contribution in [0.15, 0.2) is 121 Å². The lowest BCUT2D eigenvalue weighted by molar-refractivity contribution is -0.141. The van der Waals surface area contributed by atoms with Crippen LogP contribution < -0.4 is 48.3 Å². The fraction of sp³-hybridized carbons (Fsp3) is 0.431. The molecule has 3 aromatic carbocycles. The van der Waals surface area contributed by atoms with E-state index >= 15 is 9.59 Å². The van der Waals surface area contributed by atoms with E-state index in [9.17, 15) is 44.1 Å². The maximum absolute atomic E-state index is 15.0. The lowest BCUT2D eigenvalue weighted by Crippen LogP contribution is -2.68. The van der Waals surface area contributed by atoms with Crippen LogP contribution in [0.5, 0.6) is 0 Å². The molecule has 0 saturated carbocycles. The zero-order valence-corrected chi connectivity index (χ0v) is 50.2. The van der Waals surface area contributed by atoms with Crippen molar-refractivity contribution < 1.29 is 53.7 Å². The Balaban J connectivity index is 1.39. The number of aromatic amines is 1. The second-order valence-corrected chi connectivity index (χ2v) is 25.4. The minimum Gasteiger partial charge on any atom is -0.394 e. The number of aromatic nitrogens is 2. The van der Waals surface area contributed by atoms with Crippen LogP contribution in [0.4, 0.5) is 0 Å². The van der Waals surface area contributed by atoms with Crippen molar-refractivity contribution in [3.05, 3.63) is 132 Å². The summed E-state index contributed by atoms with van der Waals surface area (Å²) in [5.74, 6) is -6.49. The second-order valence-electron chi connectivity index (χ2n) is 20.4. The summed E-state index contributed by atoms with van der Waals surface area (Å²) in [6.07, 6.45) is 1.14. The molecule has 2 aromatic heterocycles. The monoisotopic (exact) mass is 1230 g/mol. The molecule has 0 spiro atoms. The molecular weight excluding hydrogens is 1150 g/mol. The minimum absolute atomic E-state index is 0.00140. The van der Waals surface area contributed by atoms with Crippen LogP contribution in [0.25, 0.3) is 10.9 Å². The number of aliphatic hydroxyl groups excluding tert-OH is 3. The maximum atomic E-state index is 15.0. The van der Waals surface area contributed by atoms with Crippen molar-refractivity contribution in [2.75, 3.05) is 30.4 Å². The van der Waals surface area contributed by atoms with Crippen molar-refractivity contribution in [3.8, 4) is 0 Å². The van der Waals surface area contributed by atoms with Gasteiger partial charge >= 0.3 is 0 Å². The standard InChI is InChI=1S/C58H75N11O11S4/c1-35(71)46(32-70)66-55(78)48-34-83-82-33-47(67-51(74)43(28-37-16-6-4-7-17-37)62-49(73)24-27-81-84-50-23-13-15-26-60-50)54(77)64-44(29-38-18-8-5-9-19-38)52(75)65-45(30-39-31-61-41-21-11-10-20-40(39)41)53(76)63-42(22-12-14-25-59)56(79)69-58(3,36(2)72)57(80)68-48/h4-11,13,15-21,23,26,31,35-36,42-48,61,70-72H,12,14,22,24-25,27-30,32-34,59H2,1-3H3,(H,62,73)(H,63,76)(H,64,77)(H,65,75)(H,66,78)(H,67,74)(H,68,80)(H,69,79)/t35-,36-,42+,43-,44+,45-,46-,47+,48+,58+/m1/s1. The van der Waals surface area contributed by atoms with Crippen LogP contribution >= 0.6 is 43.2 Å². The van der Waals surface area contributed by atoms with Crippen molar-refractivity contribution in [2.24, 2.45) is 5.73 Å². The zero-order chi connectivity index (χ0) is 60.6. The molecule has 22 nitrogen and oxygen atoms in total. The average Bonchev–Trinajstić information content (AvgIpc) is 4.06. The first-order valence-corrected chi connectivity index (χ1v) is 32.4. The highest BCUT2D eigenvalue weighted by atomic mass is 33.1. The lowest BCUT2D eigenvalue weighted by Gasteiger charge is -2.35. The average molecular weight is 1230 g/mol. The highest BCUT2D eigenvalue weighted by Gasteiger charge is 2.44. The van der Waals surface area contributed by atoms with Gasteiger partial charge in [-0.25, -0.2) is 4.98 Å². The number of amides is 8. The molecule has 5 aromatic rings. The molecule has 1 aliphatic heterocycles. The number of nitrogens with one attached hydrogen (secondary N) is 9. The number of rotatable bonds is 23. The van der Waals surface area contributed by atoms with Gasteiger partial charge in [0.25, 0.3) is 0 Å². The van der Waals surface area contributed by atoms with E-state index in [-0.39, 0.29) is 50.2 Å². The number of nitrogens with two attached hydrogens (primary N) is 1. The third-order valence-corrected chi connectivity index (χ3v) is 18.6. The van der Waals surface area contributed by atoms with Crippen LogP contribution in [0.3, 0.4) is 0 Å². The van der Waals surface area contributed by atoms with Crippen LogP contribution in [0.1, 0.15) is 63.1 Å². The summed E-state index contributed by atoms with van der Waals surface area (Å²) < 4.78 is 0. The van der Waals surface area contributed by atoms with Gasteiger partial charge in [0.05, 0.1) is 24.9 Å². The van der Waals surface area contributed by atoms with Gasteiger partial charge in [-0.05, 0) is 92.3 Å². The van der Waals surface area contributed by atoms with Gasteiger partial charge in [0.15, 0.2) is 0 Å². The van der Waals surface area contributed by atoms with Gasteiger partial charge in [-0.1, -0.05) is 117 Å².